The lowest BCUT2D eigenvalue weighted by Gasteiger charge is -2.16. The molecular weight excluding hydrogens is 238 g/mol. The largest absolute Gasteiger partial charge is 0.345 e. The molecule has 0 fully saturated rings. The molecule has 4 rings (SSSR count). The Kier molecular flexibility index (Phi) is 1.93. The molecule has 19 heavy (non-hydrogen) atoms. The molecule has 1 N–H and O–H groups in total. The molecule has 1 atom stereocenters. The molecule has 1 aromatic carbocycles. The van der Waals surface area contributed by atoms with E-state index in [1.54, 1.807) is 6.20 Å². The first kappa shape index (κ1) is 10.4. The fourth-order valence-corrected chi connectivity index (χ4v) is 2.71. The molecule has 1 unspecified atom stereocenters. The van der Waals surface area contributed by atoms with Crippen molar-refractivity contribution in [3.63, 3.8) is 0 Å². The summed E-state index contributed by atoms with van der Waals surface area (Å²) in [5, 5.41) is 2.14. The molecule has 1 aliphatic carbocycles. The third-order valence-electron chi connectivity index (χ3n) is 3.62. The molecule has 92 valence electrons. The normalized spacial score (nSPS) is 18.6. The summed E-state index contributed by atoms with van der Waals surface area (Å²) in [7, 11) is 0. The van der Waals surface area contributed by atoms with Crippen LogP contribution in [-0.4, -0.2) is 9.97 Å². The zero-order valence-corrected chi connectivity index (χ0v) is 10.3. The summed E-state index contributed by atoms with van der Waals surface area (Å²) >= 11 is 0. The summed E-state index contributed by atoms with van der Waals surface area (Å²) in [4.78, 5) is 22.7. The predicted molar refractivity (Wildman–Crippen MR) is 72.0 cm³/mol. The minimum absolute atomic E-state index is 0.104. The number of hydrogen-bond donors (Lipinski definition) is 1. The van der Waals surface area contributed by atoms with Crippen LogP contribution in [0.15, 0.2) is 40.3 Å². The molecule has 0 amide bonds. The Labute approximate surface area is 108 Å². The average molecular weight is 249 g/mol. The van der Waals surface area contributed by atoms with Crippen molar-refractivity contribution >= 4 is 11.6 Å². The summed E-state index contributed by atoms with van der Waals surface area (Å²) in [5.41, 5.74) is 3.78. The van der Waals surface area contributed by atoms with Crippen molar-refractivity contribution in [1.29, 1.82) is 0 Å². The van der Waals surface area contributed by atoms with Crippen LogP contribution in [0, 0.1) is 6.92 Å². The minimum Gasteiger partial charge on any atom is -0.307 e. The number of hydrogen-bond acceptors (Lipinski definition) is 3. The van der Waals surface area contributed by atoms with E-state index in [1.807, 2.05) is 6.08 Å². The number of aromatic nitrogens is 2. The molecule has 1 aromatic heterocycles. The zero-order valence-electron chi connectivity index (χ0n) is 10.3. The van der Waals surface area contributed by atoms with E-state index in [9.17, 15) is 4.79 Å². The van der Waals surface area contributed by atoms with Crippen molar-refractivity contribution < 1.29 is 0 Å². The van der Waals surface area contributed by atoms with Crippen LogP contribution in [-0.2, 0) is 0 Å². The maximum absolute atomic E-state index is 11.4. The van der Waals surface area contributed by atoms with Crippen LogP contribution in [0.2, 0.25) is 0 Å². The number of nitrogens with one attached hydrogen (secondary N) is 1. The van der Waals surface area contributed by atoms with Crippen LogP contribution in [0.4, 0.5) is 0 Å². The van der Waals surface area contributed by atoms with Crippen molar-refractivity contribution in [1.82, 2.24) is 9.97 Å². The Bertz CT molecular complexity index is 906. The maximum Gasteiger partial charge on any atom is 0.345 e. The van der Waals surface area contributed by atoms with Gasteiger partial charge in [0.1, 0.15) is 6.04 Å². The second-order valence-corrected chi connectivity index (χ2v) is 4.90. The number of H-pyrrole nitrogens is 1. The first-order chi connectivity index (χ1) is 9.22. The molecule has 0 saturated heterocycles. The van der Waals surface area contributed by atoms with Gasteiger partial charge in [0.05, 0.1) is 11.1 Å². The van der Waals surface area contributed by atoms with Crippen LogP contribution in [0.1, 0.15) is 22.9 Å². The van der Waals surface area contributed by atoms with Crippen LogP contribution in [0.25, 0.3) is 11.6 Å². The van der Waals surface area contributed by atoms with Gasteiger partial charge in [-0.25, -0.2) is 9.78 Å². The maximum atomic E-state index is 11.4. The number of fused-ring (bicyclic) bond motifs is 4. The van der Waals surface area contributed by atoms with Crippen LogP contribution >= 0.6 is 0 Å². The first-order valence-electron chi connectivity index (χ1n) is 6.18. The van der Waals surface area contributed by atoms with E-state index in [-0.39, 0.29) is 11.7 Å². The number of rotatable bonds is 0. The van der Waals surface area contributed by atoms with Crippen molar-refractivity contribution in [3.05, 3.63) is 68.4 Å². The lowest BCUT2D eigenvalue weighted by Crippen LogP contribution is -2.23. The van der Waals surface area contributed by atoms with Gasteiger partial charge in [0.25, 0.3) is 0 Å². The topological polar surface area (TPSA) is 58.1 Å². The number of nitrogens with zero attached hydrogens (tertiary/aromatic N) is 2. The third kappa shape index (κ3) is 1.43. The minimum atomic E-state index is -0.323. The van der Waals surface area contributed by atoms with E-state index in [4.69, 9.17) is 4.99 Å². The summed E-state index contributed by atoms with van der Waals surface area (Å²) in [6, 6.07) is 6.15. The summed E-state index contributed by atoms with van der Waals surface area (Å²) in [6.07, 6.45) is 5.65. The van der Waals surface area contributed by atoms with E-state index in [0.717, 1.165) is 27.4 Å². The van der Waals surface area contributed by atoms with Crippen LogP contribution < -0.4 is 16.3 Å². The fraction of sp³-hybridized carbons (Fsp3) is 0.133. The number of benzene rings is 1. The Balaban J connectivity index is 2.08. The molecule has 2 aliphatic rings. The molecular formula is C15H11N3O. The van der Waals surface area contributed by atoms with Crippen molar-refractivity contribution in [2.45, 2.75) is 13.0 Å². The summed E-state index contributed by atoms with van der Waals surface area (Å²) in [5.74, 6) is 0. The Morgan fingerprint density at radius 2 is 2.16 bits per heavy atom. The number of aromatic amines is 1. The number of aryl methyl sites for hydroxylation is 1. The highest BCUT2D eigenvalue weighted by Crippen LogP contribution is 2.33. The molecule has 2 heterocycles. The molecule has 4 nitrogen and oxygen atoms in total. The van der Waals surface area contributed by atoms with Gasteiger partial charge in [-0.15, -0.1) is 0 Å². The fourth-order valence-electron chi connectivity index (χ4n) is 2.71. The van der Waals surface area contributed by atoms with Gasteiger partial charge in [0.2, 0.25) is 0 Å². The van der Waals surface area contributed by atoms with Crippen molar-refractivity contribution in [3.8, 4) is 0 Å². The smallest absolute Gasteiger partial charge is 0.307 e. The van der Waals surface area contributed by atoms with Crippen molar-refractivity contribution in [2.24, 2.45) is 4.99 Å². The SMILES string of the molecule is Cc1ccc2c(c1)=NC1C=2C=Cc2cnc(=O)[nH]c21. The van der Waals surface area contributed by atoms with Gasteiger partial charge in [-0.2, -0.15) is 0 Å². The highest BCUT2D eigenvalue weighted by atomic mass is 16.1. The van der Waals surface area contributed by atoms with Gasteiger partial charge >= 0.3 is 5.69 Å². The van der Waals surface area contributed by atoms with E-state index in [0.29, 0.717) is 0 Å². The lowest BCUT2D eigenvalue weighted by atomic mass is 9.94. The molecule has 2 aromatic rings. The van der Waals surface area contributed by atoms with Gasteiger partial charge in [-0.05, 0) is 24.1 Å². The van der Waals surface area contributed by atoms with Gasteiger partial charge < -0.3 is 4.98 Å². The third-order valence-corrected chi connectivity index (χ3v) is 3.62. The molecule has 0 spiro atoms. The van der Waals surface area contributed by atoms with Gasteiger partial charge in [0, 0.05) is 17.0 Å². The van der Waals surface area contributed by atoms with Gasteiger partial charge in [-0.3, -0.25) is 4.99 Å². The standard InChI is InChI=1S/C15H11N3O/c1-8-2-4-10-11-5-3-9-7-16-15(19)18-13(9)14(11)17-12(10)6-8/h2-7,14H,1H3,(H,16,18,19). The van der Waals surface area contributed by atoms with E-state index in [2.05, 4.69) is 41.2 Å². The molecule has 1 aliphatic heterocycles. The van der Waals surface area contributed by atoms with Gasteiger partial charge in [-0.1, -0.05) is 24.3 Å². The molecule has 0 bridgehead atoms. The monoisotopic (exact) mass is 249 g/mol. The lowest BCUT2D eigenvalue weighted by molar-refractivity contribution is 0.838. The Morgan fingerprint density at radius 1 is 1.26 bits per heavy atom. The van der Waals surface area contributed by atoms with E-state index in [1.165, 1.54) is 5.56 Å². The van der Waals surface area contributed by atoms with Crippen LogP contribution in [0.3, 0.4) is 0 Å². The highest BCUT2D eigenvalue weighted by Gasteiger charge is 2.25. The summed E-state index contributed by atoms with van der Waals surface area (Å²) in [6.45, 7) is 2.05. The van der Waals surface area contributed by atoms with E-state index >= 15 is 0 Å². The van der Waals surface area contributed by atoms with E-state index < -0.39 is 0 Å². The van der Waals surface area contributed by atoms with Crippen LogP contribution in [0.5, 0.6) is 0 Å². The second kappa shape index (κ2) is 3.51. The first-order valence-corrected chi connectivity index (χ1v) is 6.18. The molecule has 0 saturated carbocycles. The zero-order chi connectivity index (χ0) is 13.0. The molecule has 4 heteroatoms. The molecule has 0 radical (unpaired) electrons. The Morgan fingerprint density at radius 3 is 3.05 bits per heavy atom. The summed E-state index contributed by atoms with van der Waals surface area (Å²) < 4.78 is 0. The highest BCUT2D eigenvalue weighted by molar-refractivity contribution is 5.77. The van der Waals surface area contributed by atoms with Crippen molar-refractivity contribution in [2.75, 3.05) is 0 Å². The second-order valence-electron chi connectivity index (χ2n) is 4.90. The quantitative estimate of drug-likeness (QED) is 0.744. The van der Waals surface area contributed by atoms with Gasteiger partial charge in [0.15, 0.2) is 0 Å². The average Bonchev–Trinajstić information content (AvgIpc) is 2.76. The Hall–Kier alpha value is -2.49. The predicted octanol–water partition coefficient (Wildman–Crippen LogP) is 0.630.